The standard InChI is InChI=1S/C19H33N3O3S/c1-21(2)4-5-22(17-3-6-26(24,25)13-17)18(23)20-19-10-14-7-15(11-19)9-16(8-14)12-19/h14-17H,3-13H2,1-2H3,(H,20,23). The molecule has 148 valence electrons. The van der Waals surface area contributed by atoms with E-state index in [1.165, 1.54) is 19.3 Å². The lowest BCUT2D eigenvalue weighted by molar-refractivity contribution is -0.0163. The van der Waals surface area contributed by atoms with Crippen LogP contribution in [-0.4, -0.2) is 74.5 Å². The van der Waals surface area contributed by atoms with Gasteiger partial charge < -0.3 is 15.1 Å². The van der Waals surface area contributed by atoms with Gasteiger partial charge in [0, 0.05) is 24.7 Å². The van der Waals surface area contributed by atoms with Crippen molar-refractivity contribution in [2.75, 3.05) is 38.7 Å². The number of nitrogens with zero attached hydrogens (tertiary/aromatic N) is 2. The van der Waals surface area contributed by atoms with E-state index in [1.807, 2.05) is 19.0 Å². The Balaban J connectivity index is 1.47. The molecule has 1 unspecified atom stereocenters. The first-order chi connectivity index (χ1) is 12.2. The molecule has 1 N–H and O–H groups in total. The largest absolute Gasteiger partial charge is 0.333 e. The zero-order valence-corrected chi connectivity index (χ0v) is 16.9. The summed E-state index contributed by atoms with van der Waals surface area (Å²) in [5.74, 6) is 2.67. The number of hydrogen-bond donors (Lipinski definition) is 1. The van der Waals surface area contributed by atoms with Crippen LogP contribution in [-0.2, 0) is 9.84 Å². The molecule has 6 nitrogen and oxygen atoms in total. The van der Waals surface area contributed by atoms with Gasteiger partial charge in [-0.1, -0.05) is 0 Å². The Morgan fingerprint density at radius 3 is 2.08 bits per heavy atom. The van der Waals surface area contributed by atoms with Gasteiger partial charge in [-0.25, -0.2) is 13.2 Å². The van der Waals surface area contributed by atoms with Gasteiger partial charge in [0.05, 0.1) is 11.5 Å². The Morgan fingerprint density at radius 2 is 1.62 bits per heavy atom. The number of carbonyl (C=O) groups excluding carboxylic acids is 1. The molecule has 4 saturated carbocycles. The molecular formula is C19H33N3O3S. The van der Waals surface area contributed by atoms with Crippen LogP contribution in [0.15, 0.2) is 0 Å². The number of carbonyl (C=O) groups is 1. The predicted octanol–water partition coefficient (Wildman–Crippen LogP) is 1.72. The van der Waals surface area contributed by atoms with Crippen molar-refractivity contribution in [2.45, 2.75) is 56.5 Å². The highest BCUT2D eigenvalue weighted by atomic mass is 32.2. The Hall–Kier alpha value is -0.820. The summed E-state index contributed by atoms with van der Waals surface area (Å²) in [5, 5.41) is 3.43. The lowest BCUT2D eigenvalue weighted by atomic mass is 9.53. The van der Waals surface area contributed by atoms with E-state index in [0.717, 1.165) is 43.6 Å². The highest BCUT2D eigenvalue weighted by Gasteiger charge is 2.52. The molecule has 4 aliphatic carbocycles. The van der Waals surface area contributed by atoms with Crippen molar-refractivity contribution in [3.63, 3.8) is 0 Å². The van der Waals surface area contributed by atoms with E-state index in [0.29, 0.717) is 13.0 Å². The predicted molar refractivity (Wildman–Crippen MR) is 102 cm³/mol. The first-order valence-electron chi connectivity index (χ1n) is 10.2. The normalized spacial score (nSPS) is 40.1. The Kier molecular flexibility index (Phi) is 4.75. The Morgan fingerprint density at radius 1 is 1.04 bits per heavy atom. The van der Waals surface area contributed by atoms with Crippen LogP contribution in [0.2, 0.25) is 0 Å². The molecule has 1 saturated heterocycles. The van der Waals surface area contributed by atoms with E-state index in [-0.39, 0.29) is 29.1 Å². The Labute approximate surface area is 157 Å². The maximum absolute atomic E-state index is 13.2. The molecule has 1 aliphatic heterocycles. The minimum atomic E-state index is -3.00. The van der Waals surface area contributed by atoms with Crippen LogP contribution in [0.1, 0.15) is 44.9 Å². The van der Waals surface area contributed by atoms with Gasteiger partial charge in [-0.05, 0) is 76.8 Å². The average molecular weight is 384 g/mol. The van der Waals surface area contributed by atoms with Gasteiger partial charge in [0.25, 0.3) is 0 Å². The number of hydrogen-bond acceptors (Lipinski definition) is 4. The molecule has 5 rings (SSSR count). The number of likely N-dealkylation sites (N-methyl/N-ethyl adjacent to an activating group) is 1. The first kappa shape index (κ1) is 18.5. The lowest BCUT2D eigenvalue weighted by Gasteiger charge is -2.57. The second-order valence-electron chi connectivity index (χ2n) is 9.68. The van der Waals surface area contributed by atoms with E-state index < -0.39 is 9.84 Å². The second-order valence-corrected chi connectivity index (χ2v) is 11.9. The quantitative estimate of drug-likeness (QED) is 0.785. The summed E-state index contributed by atoms with van der Waals surface area (Å²) in [5.41, 5.74) is -0.0281. The van der Waals surface area contributed by atoms with E-state index in [9.17, 15) is 13.2 Å². The van der Waals surface area contributed by atoms with Gasteiger partial charge >= 0.3 is 6.03 Å². The number of rotatable bonds is 5. The molecule has 1 heterocycles. The zero-order valence-electron chi connectivity index (χ0n) is 16.1. The molecule has 0 aromatic heterocycles. The molecule has 0 spiro atoms. The summed E-state index contributed by atoms with van der Waals surface area (Å²) in [7, 11) is 0.972. The van der Waals surface area contributed by atoms with Gasteiger partial charge in [0.15, 0.2) is 9.84 Å². The van der Waals surface area contributed by atoms with E-state index in [1.54, 1.807) is 0 Å². The minimum absolute atomic E-state index is 0.0281. The van der Waals surface area contributed by atoms with Crippen LogP contribution >= 0.6 is 0 Å². The topological polar surface area (TPSA) is 69.7 Å². The maximum Gasteiger partial charge on any atom is 0.318 e. The third kappa shape index (κ3) is 3.75. The maximum atomic E-state index is 13.2. The molecule has 1 atom stereocenters. The van der Waals surface area contributed by atoms with Gasteiger partial charge in [-0.3, -0.25) is 0 Å². The van der Waals surface area contributed by atoms with Gasteiger partial charge in [0.1, 0.15) is 0 Å². The number of nitrogens with one attached hydrogen (secondary N) is 1. The molecule has 0 radical (unpaired) electrons. The average Bonchev–Trinajstić information content (AvgIpc) is 2.85. The van der Waals surface area contributed by atoms with Crippen molar-refractivity contribution in [2.24, 2.45) is 17.8 Å². The fraction of sp³-hybridized carbons (Fsp3) is 0.947. The molecule has 0 aromatic rings. The third-order valence-electron chi connectivity index (χ3n) is 7.11. The van der Waals surface area contributed by atoms with Crippen LogP contribution in [0.5, 0.6) is 0 Å². The van der Waals surface area contributed by atoms with Crippen molar-refractivity contribution >= 4 is 15.9 Å². The number of urea groups is 1. The third-order valence-corrected chi connectivity index (χ3v) is 8.86. The van der Waals surface area contributed by atoms with Crippen molar-refractivity contribution in [1.29, 1.82) is 0 Å². The fourth-order valence-electron chi connectivity index (χ4n) is 6.34. The second kappa shape index (κ2) is 6.66. The molecule has 2 amide bonds. The summed E-state index contributed by atoms with van der Waals surface area (Å²) < 4.78 is 23.9. The fourth-order valence-corrected chi connectivity index (χ4v) is 8.07. The molecule has 5 aliphatic rings. The SMILES string of the molecule is CN(C)CCN(C(=O)NC12CC3CC(CC(C3)C1)C2)C1CCS(=O)(=O)C1. The zero-order chi connectivity index (χ0) is 18.5. The number of sulfone groups is 1. The van der Waals surface area contributed by atoms with Crippen molar-refractivity contribution in [3.05, 3.63) is 0 Å². The number of amides is 2. The highest BCUT2D eigenvalue weighted by molar-refractivity contribution is 7.91. The lowest BCUT2D eigenvalue weighted by Crippen LogP contribution is -2.63. The Bertz CT molecular complexity index is 626. The van der Waals surface area contributed by atoms with Crippen molar-refractivity contribution in [3.8, 4) is 0 Å². The molecular weight excluding hydrogens is 350 g/mol. The smallest absolute Gasteiger partial charge is 0.318 e. The summed E-state index contributed by atoms with van der Waals surface area (Å²) in [6.45, 7) is 1.34. The van der Waals surface area contributed by atoms with Crippen molar-refractivity contribution < 1.29 is 13.2 Å². The van der Waals surface area contributed by atoms with Crippen LogP contribution in [0, 0.1) is 17.8 Å². The molecule has 7 heteroatoms. The van der Waals surface area contributed by atoms with Crippen LogP contribution in [0.3, 0.4) is 0 Å². The van der Waals surface area contributed by atoms with E-state index in [2.05, 4.69) is 10.2 Å². The van der Waals surface area contributed by atoms with E-state index in [4.69, 9.17) is 0 Å². The van der Waals surface area contributed by atoms with Crippen LogP contribution < -0.4 is 5.32 Å². The monoisotopic (exact) mass is 383 g/mol. The summed E-state index contributed by atoms with van der Waals surface area (Å²) >= 11 is 0. The van der Waals surface area contributed by atoms with Gasteiger partial charge in [-0.15, -0.1) is 0 Å². The minimum Gasteiger partial charge on any atom is -0.333 e. The first-order valence-corrected chi connectivity index (χ1v) is 12.0. The van der Waals surface area contributed by atoms with Gasteiger partial charge in [-0.2, -0.15) is 0 Å². The summed E-state index contributed by atoms with van der Waals surface area (Å²) in [6, 6.07) is -0.204. The van der Waals surface area contributed by atoms with Crippen molar-refractivity contribution in [1.82, 2.24) is 15.1 Å². The van der Waals surface area contributed by atoms with Crippen LogP contribution in [0.25, 0.3) is 0 Å². The highest BCUT2D eigenvalue weighted by Crippen LogP contribution is 2.55. The summed E-state index contributed by atoms with van der Waals surface area (Å²) in [6.07, 6.45) is 7.98. The van der Waals surface area contributed by atoms with Crippen LogP contribution in [0.4, 0.5) is 4.79 Å². The molecule has 5 fully saturated rings. The molecule has 26 heavy (non-hydrogen) atoms. The van der Waals surface area contributed by atoms with E-state index >= 15 is 0 Å². The summed E-state index contributed by atoms with van der Waals surface area (Å²) in [4.78, 5) is 17.1. The molecule has 4 bridgehead atoms. The van der Waals surface area contributed by atoms with Gasteiger partial charge in [0.2, 0.25) is 0 Å². The molecule has 0 aromatic carbocycles.